The first-order valence-electron chi connectivity index (χ1n) is 6.73. The number of ether oxygens (including phenoxy) is 1. The molecule has 1 saturated heterocycles. The van der Waals surface area contributed by atoms with Gasteiger partial charge in [0.05, 0.1) is 6.61 Å². The van der Waals surface area contributed by atoms with Crippen LogP contribution in [0.4, 0.5) is 0 Å². The van der Waals surface area contributed by atoms with Crippen LogP contribution in [0.1, 0.15) is 44.9 Å². The molecule has 15 heavy (non-hydrogen) atoms. The van der Waals surface area contributed by atoms with Crippen molar-refractivity contribution in [3.63, 3.8) is 0 Å². The van der Waals surface area contributed by atoms with Crippen LogP contribution in [-0.4, -0.2) is 26.3 Å². The van der Waals surface area contributed by atoms with E-state index in [9.17, 15) is 0 Å². The lowest BCUT2D eigenvalue weighted by Gasteiger charge is -2.11. The van der Waals surface area contributed by atoms with Crippen LogP contribution in [0.5, 0.6) is 0 Å². The standard InChI is InChI=1S/C13H25NO/c1-2-5-12(4-1)6-3-8-14-10-13-7-9-15-11-13/h12-14H,1-11H2. The Hall–Kier alpha value is -0.0800. The number of hydrogen-bond acceptors (Lipinski definition) is 2. The lowest BCUT2D eigenvalue weighted by molar-refractivity contribution is 0.185. The maximum absolute atomic E-state index is 5.36. The van der Waals surface area contributed by atoms with Crippen molar-refractivity contribution >= 4 is 0 Å². The van der Waals surface area contributed by atoms with E-state index in [0.717, 1.165) is 25.0 Å². The van der Waals surface area contributed by atoms with Crippen molar-refractivity contribution in [3.8, 4) is 0 Å². The second-order valence-corrected chi connectivity index (χ2v) is 5.23. The third-order valence-corrected chi connectivity index (χ3v) is 3.90. The largest absolute Gasteiger partial charge is 0.381 e. The fourth-order valence-corrected chi connectivity index (χ4v) is 2.87. The van der Waals surface area contributed by atoms with E-state index in [-0.39, 0.29) is 0 Å². The SMILES string of the molecule is C1CCC(CCCNCC2CCOC2)C1. The molecule has 1 saturated carbocycles. The van der Waals surface area contributed by atoms with Crippen molar-refractivity contribution in [3.05, 3.63) is 0 Å². The van der Waals surface area contributed by atoms with Crippen LogP contribution in [0.15, 0.2) is 0 Å². The van der Waals surface area contributed by atoms with E-state index in [2.05, 4.69) is 5.32 Å². The molecular formula is C13H25NO. The highest BCUT2D eigenvalue weighted by atomic mass is 16.5. The van der Waals surface area contributed by atoms with Gasteiger partial charge in [0.25, 0.3) is 0 Å². The Morgan fingerprint density at radius 3 is 2.67 bits per heavy atom. The second kappa shape index (κ2) is 6.49. The summed E-state index contributed by atoms with van der Waals surface area (Å²) in [7, 11) is 0. The summed E-state index contributed by atoms with van der Waals surface area (Å²) in [6.07, 6.45) is 10.0. The Morgan fingerprint density at radius 2 is 1.93 bits per heavy atom. The predicted molar refractivity (Wildman–Crippen MR) is 63.0 cm³/mol. The topological polar surface area (TPSA) is 21.3 Å². The third-order valence-electron chi connectivity index (χ3n) is 3.90. The molecule has 0 aromatic carbocycles. The molecule has 1 atom stereocenters. The van der Waals surface area contributed by atoms with Crippen molar-refractivity contribution in [2.45, 2.75) is 44.9 Å². The first kappa shape index (κ1) is 11.4. The molecule has 2 nitrogen and oxygen atoms in total. The normalized spacial score (nSPS) is 27.6. The number of rotatable bonds is 6. The molecule has 1 N–H and O–H groups in total. The Kier molecular flexibility index (Phi) is 4.94. The molecule has 88 valence electrons. The molecular weight excluding hydrogens is 186 g/mol. The van der Waals surface area contributed by atoms with Gasteiger partial charge in [-0.1, -0.05) is 25.7 Å². The lowest BCUT2D eigenvalue weighted by atomic mass is 10.0. The van der Waals surface area contributed by atoms with Gasteiger partial charge in [-0.15, -0.1) is 0 Å². The van der Waals surface area contributed by atoms with Gasteiger partial charge in [0.1, 0.15) is 0 Å². The van der Waals surface area contributed by atoms with Crippen LogP contribution in [-0.2, 0) is 4.74 Å². The fraction of sp³-hybridized carbons (Fsp3) is 1.00. The average molecular weight is 211 g/mol. The van der Waals surface area contributed by atoms with E-state index in [1.807, 2.05) is 0 Å². The zero-order valence-corrected chi connectivity index (χ0v) is 9.84. The zero-order chi connectivity index (χ0) is 10.3. The maximum atomic E-state index is 5.36. The molecule has 2 aliphatic rings. The summed E-state index contributed by atoms with van der Waals surface area (Å²) in [5.74, 6) is 1.85. The molecule has 1 unspecified atom stereocenters. The van der Waals surface area contributed by atoms with E-state index in [1.54, 1.807) is 0 Å². The van der Waals surface area contributed by atoms with Crippen LogP contribution >= 0.6 is 0 Å². The van der Waals surface area contributed by atoms with E-state index >= 15 is 0 Å². The Labute approximate surface area is 93.8 Å². The smallest absolute Gasteiger partial charge is 0.0507 e. The van der Waals surface area contributed by atoms with Gasteiger partial charge < -0.3 is 10.1 Å². The van der Waals surface area contributed by atoms with Crippen molar-refractivity contribution in [2.24, 2.45) is 11.8 Å². The first-order valence-corrected chi connectivity index (χ1v) is 6.73. The minimum absolute atomic E-state index is 0.788. The predicted octanol–water partition coefficient (Wildman–Crippen LogP) is 2.58. The summed E-state index contributed by atoms with van der Waals surface area (Å²) in [5.41, 5.74) is 0. The van der Waals surface area contributed by atoms with Gasteiger partial charge in [0.15, 0.2) is 0 Å². The van der Waals surface area contributed by atoms with E-state index in [0.29, 0.717) is 0 Å². The molecule has 1 aliphatic carbocycles. The summed E-state index contributed by atoms with van der Waals surface area (Å²) < 4.78 is 5.36. The zero-order valence-electron chi connectivity index (χ0n) is 9.84. The maximum Gasteiger partial charge on any atom is 0.0507 e. The molecule has 0 bridgehead atoms. The molecule has 0 aromatic heterocycles. The van der Waals surface area contributed by atoms with Gasteiger partial charge in [0.2, 0.25) is 0 Å². The molecule has 0 aromatic rings. The molecule has 2 heteroatoms. The lowest BCUT2D eigenvalue weighted by Crippen LogP contribution is -2.24. The highest BCUT2D eigenvalue weighted by Crippen LogP contribution is 2.28. The van der Waals surface area contributed by atoms with E-state index in [1.165, 1.54) is 58.0 Å². The Bertz CT molecular complexity index is 142. The van der Waals surface area contributed by atoms with Gasteiger partial charge in [0, 0.05) is 13.2 Å². The van der Waals surface area contributed by atoms with Gasteiger partial charge in [-0.3, -0.25) is 0 Å². The summed E-state index contributed by atoms with van der Waals surface area (Å²) >= 11 is 0. The third kappa shape index (κ3) is 4.12. The second-order valence-electron chi connectivity index (χ2n) is 5.23. The van der Waals surface area contributed by atoms with Crippen LogP contribution in [0.3, 0.4) is 0 Å². The highest BCUT2D eigenvalue weighted by Gasteiger charge is 2.15. The monoisotopic (exact) mass is 211 g/mol. The van der Waals surface area contributed by atoms with Crippen LogP contribution in [0.2, 0.25) is 0 Å². The molecule has 2 fully saturated rings. The molecule has 1 aliphatic heterocycles. The number of nitrogens with one attached hydrogen (secondary N) is 1. The van der Waals surface area contributed by atoms with Crippen LogP contribution < -0.4 is 5.32 Å². The van der Waals surface area contributed by atoms with E-state index < -0.39 is 0 Å². The van der Waals surface area contributed by atoms with Crippen LogP contribution in [0, 0.1) is 11.8 Å². The Balaban J connectivity index is 1.41. The first-order chi connectivity index (χ1) is 7.45. The summed E-state index contributed by atoms with van der Waals surface area (Å²) in [5, 5.41) is 3.57. The highest BCUT2D eigenvalue weighted by molar-refractivity contribution is 4.69. The van der Waals surface area contributed by atoms with Crippen molar-refractivity contribution in [2.75, 3.05) is 26.3 Å². The molecule has 0 radical (unpaired) electrons. The molecule has 0 spiro atoms. The van der Waals surface area contributed by atoms with E-state index in [4.69, 9.17) is 4.74 Å². The molecule has 2 rings (SSSR count). The summed E-state index contributed by atoms with van der Waals surface area (Å²) in [6, 6.07) is 0. The minimum atomic E-state index is 0.788. The average Bonchev–Trinajstić information content (AvgIpc) is 2.88. The van der Waals surface area contributed by atoms with Crippen molar-refractivity contribution in [1.29, 1.82) is 0 Å². The van der Waals surface area contributed by atoms with Gasteiger partial charge in [-0.05, 0) is 37.6 Å². The van der Waals surface area contributed by atoms with Crippen LogP contribution in [0.25, 0.3) is 0 Å². The summed E-state index contributed by atoms with van der Waals surface area (Å²) in [6.45, 7) is 4.35. The van der Waals surface area contributed by atoms with Crippen molar-refractivity contribution in [1.82, 2.24) is 5.32 Å². The number of hydrogen-bond donors (Lipinski definition) is 1. The fourth-order valence-electron chi connectivity index (χ4n) is 2.87. The molecule has 0 amide bonds. The Morgan fingerprint density at radius 1 is 1.07 bits per heavy atom. The molecule has 1 heterocycles. The van der Waals surface area contributed by atoms with Gasteiger partial charge >= 0.3 is 0 Å². The minimum Gasteiger partial charge on any atom is -0.381 e. The van der Waals surface area contributed by atoms with Gasteiger partial charge in [-0.25, -0.2) is 0 Å². The van der Waals surface area contributed by atoms with Crippen molar-refractivity contribution < 1.29 is 4.74 Å². The van der Waals surface area contributed by atoms with Gasteiger partial charge in [-0.2, -0.15) is 0 Å². The quantitative estimate of drug-likeness (QED) is 0.682. The summed E-state index contributed by atoms with van der Waals surface area (Å²) in [4.78, 5) is 0.